The van der Waals surface area contributed by atoms with Crippen LogP contribution in [0.2, 0.25) is 0 Å². The standard InChI is InChI=1S/C19H32N2O/c1-4-5-6-17(2)22-19-9-7-18(8-10-19)11-12-21-15-13-20(3)14-16-21/h7-10,17H,4-6,11-16H2,1-3H3. The normalized spacial score (nSPS) is 18.3. The zero-order valence-corrected chi connectivity index (χ0v) is 14.6. The van der Waals surface area contributed by atoms with Crippen LogP contribution in [0.15, 0.2) is 24.3 Å². The summed E-state index contributed by atoms with van der Waals surface area (Å²) in [6.07, 6.45) is 5.07. The summed E-state index contributed by atoms with van der Waals surface area (Å²) in [6, 6.07) is 8.69. The quantitative estimate of drug-likeness (QED) is 0.732. The maximum atomic E-state index is 5.96. The van der Waals surface area contributed by atoms with E-state index in [0.717, 1.165) is 18.6 Å². The number of hydrogen-bond donors (Lipinski definition) is 0. The minimum absolute atomic E-state index is 0.316. The molecule has 0 spiro atoms. The molecule has 1 heterocycles. The first-order valence-corrected chi connectivity index (χ1v) is 8.84. The third-order valence-electron chi connectivity index (χ3n) is 4.54. The Bertz CT molecular complexity index is 410. The van der Waals surface area contributed by atoms with Gasteiger partial charge < -0.3 is 14.5 Å². The van der Waals surface area contributed by atoms with Crippen molar-refractivity contribution in [2.45, 2.75) is 45.6 Å². The highest BCUT2D eigenvalue weighted by Gasteiger charge is 2.13. The molecular weight excluding hydrogens is 272 g/mol. The van der Waals surface area contributed by atoms with Gasteiger partial charge in [0.1, 0.15) is 5.75 Å². The van der Waals surface area contributed by atoms with Crippen LogP contribution in [0.1, 0.15) is 38.7 Å². The van der Waals surface area contributed by atoms with Gasteiger partial charge in [-0.15, -0.1) is 0 Å². The van der Waals surface area contributed by atoms with E-state index in [0.29, 0.717) is 6.10 Å². The SMILES string of the molecule is CCCCC(C)Oc1ccc(CCN2CCN(C)CC2)cc1. The fourth-order valence-corrected chi connectivity index (χ4v) is 2.88. The lowest BCUT2D eigenvalue weighted by atomic mass is 10.1. The Morgan fingerprint density at radius 1 is 1.09 bits per heavy atom. The largest absolute Gasteiger partial charge is 0.491 e. The molecule has 0 aliphatic carbocycles. The van der Waals surface area contributed by atoms with Crippen LogP contribution in [0, 0.1) is 0 Å². The molecule has 0 radical (unpaired) electrons. The molecule has 1 atom stereocenters. The molecular formula is C19H32N2O. The highest BCUT2D eigenvalue weighted by molar-refractivity contribution is 5.27. The van der Waals surface area contributed by atoms with Crippen LogP contribution in [0.4, 0.5) is 0 Å². The smallest absolute Gasteiger partial charge is 0.119 e. The van der Waals surface area contributed by atoms with Gasteiger partial charge in [0, 0.05) is 32.7 Å². The third kappa shape index (κ3) is 5.98. The number of ether oxygens (including phenoxy) is 1. The minimum atomic E-state index is 0.316. The average molecular weight is 304 g/mol. The second kappa shape index (κ2) is 9.16. The van der Waals surface area contributed by atoms with Gasteiger partial charge in [0.05, 0.1) is 6.10 Å². The summed E-state index contributed by atoms with van der Waals surface area (Å²) < 4.78 is 5.96. The van der Waals surface area contributed by atoms with E-state index in [1.54, 1.807) is 0 Å². The molecule has 3 nitrogen and oxygen atoms in total. The predicted octanol–water partition coefficient (Wildman–Crippen LogP) is 3.43. The molecule has 1 aliphatic heterocycles. The lowest BCUT2D eigenvalue weighted by Crippen LogP contribution is -2.45. The van der Waals surface area contributed by atoms with Crippen LogP contribution in [-0.4, -0.2) is 55.7 Å². The zero-order valence-electron chi connectivity index (χ0n) is 14.6. The second-order valence-corrected chi connectivity index (χ2v) is 6.61. The molecule has 0 bridgehead atoms. The maximum Gasteiger partial charge on any atom is 0.119 e. The van der Waals surface area contributed by atoms with Gasteiger partial charge in [0.25, 0.3) is 0 Å². The molecule has 1 aromatic carbocycles. The van der Waals surface area contributed by atoms with Gasteiger partial charge in [-0.2, -0.15) is 0 Å². The molecule has 2 rings (SSSR count). The molecule has 0 amide bonds. The van der Waals surface area contributed by atoms with Gasteiger partial charge in [0.15, 0.2) is 0 Å². The first-order valence-electron chi connectivity index (χ1n) is 8.84. The lowest BCUT2D eigenvalue weighted by molar-refractivity contribution is 0.155. The molecule has 22 heavy (non-hydrogen) atoms. The fraction of sp³-hybridized carbons (Fsp3) is 0.684. The van der Waals surface area contributed by atoms with Crippen molar-refractivity contribution in [1.82, 2.24) is 9.80 Å². The molecule has 3 heteroatoms. The van der Waals surface area contributed by atoms with Crippen LogP contribution in [-0.2, 0) is 6.42 Å². The lowest BCUT2D eigenvalue weighted by Gasteiger charge is -2.32. The molecule has 1 fully saturated rings. The van der Waals surface area contributed by atoms with E-state index in [1.807, 2.05) is 0 Å². The minimum Gasteiger partial charge on any atom is -0.491 e. The average Bonchev–Trinajstić information content (AvgIpc) is 2.54. The second-order valence-electron chi connectivity index (χ2n) is 6.61. The Balaban J connectivity index is 1.72. The molecule has 1 unspecified atom stereocenters. The zero-order chi connectivity index (χ0) is 15.8. The fourth-order valence-electron chi connectivity index (χ4n) is 2.88. The van der Waals surface area contributed by atoms with Crippen LogP contribution < -0.4 is 4.74 Å². The van der Waals surface area contributed by atoms with Crippen LogP contribution in [0.25, 0.3) is 0 Å². The molecule has 1 aliphatic rings. The van der Waals surface area contributed by atoms with Crippen molar-refractivity contribution in [2.75, 3.05) is 39.8 Å². The molecule has 0 aromatic heterocycles. The van der Waals surface area contributed by atoms with Crippen molar-refractivity contribution >= 4 is 0 Å². The van der Waals surface area contributed by atoms with Crippen LogP contribution in [0.5, 0.6) is 5.75 Å². The van der Waals surface area contributed by atoms with Crippen molar-refractivity contribution in [3.05, 3.63) is 29.8 Å². The summed E-state index contributed by atoms with van der Waals surface area (Å²) in [5.41, 5.74) is 1.41. The topological polar surface area (TPSA) is 15.7 Å². The Kier molecular flexibility index (Phi) is 7.20. The van der Waals surface area contributed by atoms with Gasteiger partial charge in [-0.3, -0.25) is 0 Å². The first-order chi connectivity index (χ1) is 10.7. The van der Waals surface area contributed by atoms with Gasteiger partial charge in [-0.1, -0.05) is 31.9 Å². The Morgan fingerprint density at radius 2 is 1.77 bits per heavy atom. The van der Waals surface area contributed by atoms with Crippen LogP contribution >= 0.6 is 0 Å². The molecule has 124 valence electrons. The molecule has 1 saturated heterocycles. The summed E-state index contributed by atoms with van der Waals surface area (Å²) in [5.74, 6) is 1.01. The van der Waals surface area contributed by atoms with Gasteiger partial charge in [-0.25, -0.2) is 0 Å². The Hall–Kier alpha value is -1.06. The van der Waals surface area contributed by atoms with E-state index in [4.69, 9.17) is 4.74 Å². The van der Waals surface area contributed by atoms with E-state index in [9.17, 15) is 0 Å². The van der Waals surface area contributed by atoms with E-state index in [2.05, 4.69) is 55.0 Å². The predicted molar refractivity (Wildman–Crippen MR) is 93.7 cm³/mol. The van der Waals surface area contributed by atoms with Crippen molar-refractivity contribution in [1.29, 1.82) is 0 Å². The number of unbranched alkanes of at least 4 members (excludes halogenated alkanes) is 1. The maximum absolute atomic E-state index is 5.96. The first kappa shape index (κ1) is 17.3. The van der Waals surface area contributed by atoms with E-state index in [-0.39, 0.29) is 0 Å². The number of rotatable bonds is 8. The van der Waals surface area contributed by atoms with E-state index in [1.165, 1.54) is 51.1 Å². The van der Waals surface area contributed by atoms with E-state index < -0.39 is 0 Å². The van der Waals surface area contributed by atoms with Crippen molar-refractivity contribution in [2.24, 2.45) is 0 Å². The Labute approximate surface area is 136 Å². The number of benzene rings is 1. The molecule has 0 saturated carbocycles. The monoisotopic (exact) mass is 304 g/mol. The molecule has 1 aromatic rings. The van der Waals surface area contributed by atoms with Crippen molar-refractivity contribution in [3.63, 3.8) is 0 Å². The van der Waals surface area contributed by atoms with E-state index >= 15 is 0 Å². The summed E-state index contributed by atoms with van der Waals surface area (Å²) in [7, 11) is 2.21. The van der Waals surface area contributed by atoms with Gasteiger partial charge in [-0.05, 0) is 44.5 Å². The summed E-state index contributed by atoms with van der Waals surface area (Å²) in [4.78, 5) is 4.97. The number of likely N-dealkylation sites (N-methyl/N-ethyl adjacent to an activating group) is 1. The number of nitrogens with zero attached hydrogens (tertiary/aromatic N) is 2. The van der Waals surface area contributed by atoms with Crippen LogP contribution in [0.3, 0.4) is 0 Å². The third-order valence-corrected chi connectivity index (χ3v) is 4.54. The summed E-state index contributed by atoms with van der Waals surface area (Å²) in [5, 5.41) is 0. The van der Waals surface area contributed by atoms with Gasteiger partial charge >= 0.3 is 0 Å². The molecule has 0 N–H and O–H groups in total. The number of hydrogen-bond acceptors (Lipinski definition) is 3. The van der Waals surface area contributed by atoms with Crippen molar-refractivity contribution < 1.29 is 4.74 Å². The van der Waals surface area contributed by atoms with Gasteiger partial charge in [0.2, 0.25) is 0 Å². The summed E-state index contributed by atoms with van der Waals surface area (Å²) >= 11 is 0. The Morgan fingerprint density at radius 3 is 2.41 bits per heavy atom. The van der Waals surface area contributed by atoms with Crippen molar-refractivity contribution in [3.8, 4) is 5.75 Å². The highest BCUT2D eigenvalue weighted by Crippen LogP contribution is 2.16. The number of piperazine rings is 1. The highest BCUT2D eigenvalue weighted by atomic mass is 16.5. The summed E-state index contributed by atoms with van der Waals surface area (Å²) in [6.45, 7) is 10.4.